The van der Waals surface area contributed by atoms with Crippen molar-refractivity contribution in [1.82, 2.24) is 0 Å². The number of likely N-dealkylation sites (N-methyl/N-ethyl adjacent to an activating group) is 1. The number of amides is 1. The SMILES string of the molecule is CC[NH+]1CCN(c2ccc(NC(=O)COc3cccc(C)c3C)cc2)CC1. The van der Waals surface area contributed by atoms with Crippen LogP contribution in [0.2, 0.25) is 0 Å². The molecule has 0 aliphatic carbocycles. The summed E-state index contributed by atoms with van der Waals surface area (Å²) in [5.74, 6) is 0.609. The Kier molecular flexibility index (Phi) is 6.35. The van der Waals surface area contributed by atoms with Crippen molar-refractivity contribution in [3.05, 3.63) is 53.6 Å². The van der Waals surface area contributed by atoms with Crippen molar-refractivity contribution in [2.45, 2.75) is 20.8 Å². The highest BCUT2D eigenvalue weighted by molar-refractivity contribution is 5.92. The molecule has 5 nitrogen and oxygen atoms in total. The average Bonchev–Trinajstić information content (AvgIpc) is 2.70. The van der Waals surface area contributed by atoms with Gasteiger partial charge in [-0.1, -0.05) is 12.1 Å². The first-order chi connectivity index (χ1) is 13.1. The number of carbonyl (C=O) groups excluding carboxylic acids is 1. The van der Waals surface area contributed by atoms with Crippen LogP contribution in [0.3, 0.4) is 0 Å². The normalized spacial score (nSPS) is 14.9. The summed E-state index contributed by atoms with van der Waals surface area (Å²) in [5.41, 5.74) is 4.24. The van der Waals surface area contributed by atoms with Gasteiger partial charge in [0.1, 0.15) is 5.75 Å². The molecule has 2 aromatic carbocycles. The molecule has 5 heteroatoms. The maximum atomic E-state index is 12.2. The zero-order chi connectivity index (χ0) is 19.2. The van der Waals surface area contributed by atoms with E-state index in [2.05, 4.69) is 29.3 Å². The minimum Gasteiger partial charge on any atom is -0.483 e. The fraction of sp³-hybridized carbons (Fsp3) is 0.409. The first kappa shape index (κ1) is 19.2. The second-order valence-corrected chi connectivity index (χ2v) is 7.17. The number of anilines is 2. The van der Waals surface area contributed by atoms with Crippen molar-refractivity contribution in [3.63, 3.8) is 0 Å². The van der Waals surface area contributed by atoms with Crippen LogP contribution in [0.5, 0.6) is 5.75 Å². The minimum absolute atomic E-state index is 0.00774. The molecular weight excluding hydrogens is 338 g/mol. The maximum absolute atomic E-state index is 12.2. The van der Waals surface area contributed by atoms with E-state index in [0.717, 1.165) is 35.7 Å². The van der Waals surface area contributed by atoms with Crippen LogP contribution in [-0.4, -0.2) is 45.2 Å². The number of nitrogens with zero attached hydrogens (tertiary/aromatic N) is 1. The standard InChI is InChI=1S/C22H29N3O2/c1-4-24-12-14-25(15-13-24)20-10-8-19(9-11-20)23-22(26)16-27-21-7-5-6-17(2)18(21)3/h5-11H,4,12-16H2,1-3H3,(H,23,26)/p+1. The Morgan fingerprint density at radius 1 is 1.11 bits per heavy atom. The molecule has 1 aliphatic heterocycles. The Bertz CT molecular complexity index is 766. The van der Waals surface area contributed by atoms with Gasteiger partial charge in [0.05, 0.1) is 32.7 Å². The molecule has 1 saturated heterocycles. The van der Waals surface area contributed by atoms with Gasteiger partial charge in [-0.05, 0) is 62.2 Å². The van der Waals surface area contributed by atoms with Crippen LogP contribution >= 0.6 is 0 Å². The number of rotatable bonds is 6. The molecule has 1 heterocycles. The number of carbonyl (C=O) groups is 1. The van der Waals surface area contributed by atoms with E-state index in [1.54, 1.807) is 4.90 Å². The molecular formula is C22H30N3O2+. The van der Waals surface area contributed by atoms with Gasteiger partial charge in [-0.2, -0.15) is 0 Å². The molecule has 1 amide bonds. The summed E-state index contributed by atoms with van der Waals surface area (Å²) in [6.45, 7) is 12.0. The van der Waals surface area contributed by atoms with Crippen molar-refractivity contribution in [2.75, 3.05) is 49.5 Å². The first-order valence-electron chi connectivity index (χ1n) is 9.74. The monoisotopic (exact) mass is 368 g/mol. The van der Waals surface area contributed by atoms with E-state index in [-0.39, 0.29) is 12.5 Å². The predicted octanol–water partition coefficient (Wildman–Crippen LogP) is 2.05. The average molecular weight is 369 g/mol. The summed E-state index contributed by atoms with van der Waals surface area (Å²) >= 11 is 0. The molecule has 0 unspecified atom stereocenters. The van der Waals surface area contributed by atoms with Crippen LogP contribution in [0.4, 0.5) is 11.4 Å². The Morgan fingerprint density at radius 2 is 1.81 bits per heavy atom. The van der Waals surface area contributed by atoms with Crippen LogP contribution in [0.1, 0.15) is 18.1 Å². The highest BCUT2D eigenvalue weighted by Gasteiger charge is 2.18. The topological polar surface area (TPSA) is 46.0 Å². The van der Waals surface area contributed by atoms with Crippen molar-refractivity contribution < 1.29 is 14.4 Å². The molecule has 0 saturated carbocycles. The second kappa shape index (κ2) is 8.91. The fourth-order valence-corrected chi connectivity index (χ4v) is 3.41. The Morgan fingerprint density at radius 3 is 2.48 bits per heavy atom. The van der Waals surface area contributed by atoms with Crippen LogP contribution in [0.15, 0.2) is 42.5 Å². The van der Waals surface area contributed by atoms with Crippen molar-refractivity contribution in [2.24, 2.45) is 0 Å². The molecule has 0 atom stereocenters. The van der Waals surface area contributed by atoms with E-state index in [4.69, 9.17) is 4.74 Å². The molecule has 0 aromatic heterocycles. The molecule has 27 heavy (non-hydrogen) atoms. The van der Waals surface area contributed by atoms with Crippen LogP contribution < -0.4 is 19.9 Å². The molecule has 2 N–H and O–H groups in total. The summed E-state index contributed by atoms with van der Waals surface area (Å²) in [7, 11) is 0. The number of benzene rings is 2. The smallest absolute Gasteiger partial charge is 0.262 e. The fourth-order valence-electron chi connectivity index (χ4n) is 3.41. The van der Waals surface area contributed by atoms with Gasteiger partial charge in [-0.3, -0.25) is 4.79 Å². The van der Waals surface area contributed by atoms with Gasteiger partial charge >= 0.3 is 0 Å². The summed E-state index contributed by atoms with van der Waals surface area (Å²) in [4.78, 5) is 16.3. The third-order valence-corrected chi connectivity index (χ3v) is 5.40. The summed E-state index contributed by atoms with van der Waals surface area (Å²) in [6.07, 6.45) is 0. The van der Waals surface area contributed by atoms with Gasteiger partial charge in [0.25, 0.3) is 5.91 Å². The van der Waals surface area contributed by atoms with Crippen molar-refractivity contribution in [1.29, 1.82) is 0 Å². The number of piperazine rings is 1. The van der Waals surface area contributed by atoms with Gasteiger partial charge in [-0.25, -0.2) is 0 Å². The maximum Gasteiger partial charge on any atom is 0.262 e. The van der Waals surface area contributed by atoms with E-state index < -0.39 is 0 Å². The number of nitrogens with one attached hydrogen (secondary N) is 2. The van der Waals surface area contributed by atoms with Gasteiger partial charge < -0.3 is 19.9 Å². The van der Waals surface area contributed by atoms with E-state index in [0.29, 0.717) is 0 Å². The van der Waals surface area contributed by atoms with E-state index >= 15 is 0 Å². The summed E-state index contributed by atoms with van der Waals surface area (Å²) in [6, 6.07) is 14.0. The number of aryl methyl sites for hydroxylation is 1. The quantitative estimate of drug-likeness (QED) is 0.820. The lowest BCUT2D eigenvalue weighted by Crippen LogP contribution is -3.14. The van der Waals surface area contributed by atoms with Gasteiger partial charge in [-0.15, -0.1) is 0 Å². The molecule has 144 valence electrons. The Hall–Kier alpha value is -2.53. The number of hydrogen-bond donors (Lipinski definition) is 2. The lowest BCUT2D eigenvalue weighted by atomic mass is 10.1. The molecule has 2 aromatic rings. The Balaban J connectivity index is 1.50. The van der Waals surface area contributed by atoms with Crippen LogP contribution in [0.25, 0.3) is 0 Å². The van der Waals surface area contributed by atoms with Gasteiger partial charge in [0.2, 0.25) is 0 Å². The molecule has 3 rings (SSSR count). The lowest BCUT2D eigenvalue weighted by molar-refractivity contribution is -0.898. The predicted molar refractivity (Wildman–Crippen MR) is 110 cm³/mol. The highest BCUT2D eigenvalue weighted by atomic mass is 16.5. The van der Waals surface area contributed by atoms with Gasteiger partial charge in [0.15, 0.2) is 6.61 Å². The number of hydrogen-bond acceptors (Lipinski definition) is 3. The third-order valence-electron chi connectivity index (χ3n) is 5.40. The summed E-state index contributed by atoms with van der Waals surface area (Å²) in [5, 5.41) is 2.91. The minimum atomic E-state index is -0.149. The first-order valence-corrected chi connectivity index (χ1v) is 9.74. The summed E-state index contributed by atoms with van der Waals surface area (Å²) < 4.78 is 5.67. The Labute approximate surface area is 161 Å². The number of ether oxygens (including phenoxy) is 1. The lowest BCUT2D eigenvalue weighted by Gasteiger charge is -2.33. The molecule has 1 fully saturated rings. The van der Waals surface area contributed by atoms with E-state index in [1.165, 1.54) is 25.3 Å². The molecule has 1 aliphatic rings. The second-order valence-electron chi connectivity index (χ2n) is 7.17. The molecule has 0 spiro atoms. The molecule has 0 radical (unpaired) electrons. The van der Waals surface area contributed by atoms with E-state index in [9.17, 15) is 4.79 Å². The van der Waals surface area contributed by atoms with Crippen molar-refractivity contribution in [3.8, 4) is 5.75 Å². The van der Waals surface area contributed by atoms with Gasteiger partial charge in [0, 0.05) is 11.4 Å². The van der Waals surface area contributed by atoms with Crippen LogP contribution in [-0.2, 0) is 4.79 Å². The third kappa shape index (κ3) is 5.01. The number of quaternary nitrogens is 1. The van der Waals surface area contributed by atoms with Crippen molar-refractivity contribution >= 4 is 17.3 Å². The highest BCUT2D eigenvalue weighted by Crippen LogP contribution is 2.21. The van der Waals surface area contributed by atoms with E-state index in [1.807, 2.05) is 44.2 Å². The zero-order valence-corrected chi connectivity index (χ0v) is 16.5. The molecule has 0 bridgehead atoms. The van der Waals surface area contributed by atoms with Crippen LogP contribution in [0, 0.1) is 13.8 Å². The zero-order valence-electron chi connectivity index (χ0n) is 16.5. The largest absolute Gasteiger partial charge is 0.483 e.